The van der Waals surface area contributed by atoms with Gasteiger partial charge in [0.25, 0.3) is 0 Å². The van der Waals surface area contributed by atoms with Gasteiger partial charge in [-0.15, -0.1) is 0 Å². The van der Waals surface area contributed by atoms with Gasteiger partial charge in [-0.3, -0.25) is 4.79 Å². The van der Waals surface area contributed by atoms with Crippen molar-refractivity contribution in [3.63, 3.8) is 0 Å². The topological polar surface area (TPSA) is 38.3 Å². The summed E-state index contributed by atoms with van der Waals surface area (Å²) in [6.07, 6.45) is 3.06. The third kappa shape index (κ3) is 6.97. The number of hydrogen-bond donors (Lipinski definition) is 1. The molecule has 0 radical (unpaired) electrons. The zero-order valence-electron chi connectivity index (χ0n) is 12.2. The number of carbonyl (C=O) groups is 1. The molecule has 106 valence electrons. The number of Topliss-reactive ketones (excluding diaryl/α,β-unsaturated/α-hetero) is 1. The molecule has 1 rings (SSSR count). The first-order valence-corrected chi connectivity index (χ1v) is 7.00. The molecule has 0 aliphatic rings. The summed E-state index contributed by atoms with van der Waals surface area (Å²) in [5.41, 5.74) is 1.19. The smallest absolute Gasteiger partial charge is 0.133 e. The molecule has 3 heteroatoms. The van der Waals surface area contributed by atoms with Gasteiger partial charge in [-0.05, 0) is 37.1 Å². The van der Waals surface area contributed by atoms with E-state index in [9.17, 15) is 4.79 Å². The summed E-state index contributed by atoms with van der Waals surface area (Å²) >= 11 is 0. The molecule has 1 aromatic rings. The van der Waals surface area contributed by atoms with Crippen LogP contribution in [0.1, 0.15) is 38.7 Å². The number of aryl methyl sites for hydroxylation is 1. The Morgan fingerprint density at radius 2 is 1.89 bits per heavy atom. The molecular weight excluding hydrogens is 238 g/mol. The highest BCUT2D eigenvalue weighted by Crippen LogP contribution is 2.13. The fourth-order valence-corrected chi connectivity index (χ4v) is 1.88. The number of hydrogen-bond acceptors (Lipinski definition) is 3. The van der Waals surface area contributed by atoms with Gasteiger partial charge >= 0.3 is 0 Å². The maximum Gasteiger partial charge on any atom is 0.133 e. The molecule has 0 aliphatic heterocycles. The molecule has 0 atom stereocenters. The Kier molecular flexibility index (Phi) is 7.19. The molecule has 0 unspecified atom stereocenters. The number of ketones is 1. The minimum Gasteiger partial charge on any atom is -0.497 e. The lowest BCUT2D eigenvalue weighted by Crippen LogP contribution is -2.24. The first-order chi connectivity index (χ1) is 9.11. The predicted octanol–water partition coefficient (Wildman–Crippen LogP) is 2.98. The van der Waals surface area contributed by atoms with E-state index in [0.717, 1.165) is 25.1 Å². The Morgan fingerprint density at radius 3 is 2.47 bits per heavy atom. The SMILES string of the molecule is COc1ccc(CCC(=O)CCCNC(C)C)cc1. The van der Waals surface area contributed by atoms with Gasteiger partial charge < -0.3 is 10.1 Å². The van der Waals surface area contributed by atoms with E-state index in [1.165, 1.54) is 5.56 Å². The summed E-state index contributed by atoms with van der Waals surface area (Å²) in [6, 6.07) is 8.41. The van der Waals surface area contributed by atoms with Gasteiger partial charge in [0.2, 0.25) is 0 Å². The first kappa shape index (κ1) is 15.7. The van der Waals surface area contributed by atoms with Gasteiger partial charge in [0.15, 0.2) is 0 Å². The Morgan fingerprint density at radius 1 is 1.21 bits per heavy atom. The third-order valence-corrected chi connectivity index (χ3v) is 3.04. The van der Waals surface area contributed by atoms with Gasteiger partial charge in [0.1, 0.15) is 11.5 Å². The molecule has 1 aromatic carbocycles. The van der Waals surface area contributed by atoms with E-state index in [1.54, 1.807) is 7.11 Å². The molecule has 0 bridgehead atoms. The number of rotatable bonds is 9. The van der Waals surface area contributed by atoms with Crippen LogP contribution < -0.4 is 10.1 Å². The second-order valence-corrected chi connectivity index (χ2v) is 5.10. The molecule has 0 spiro atoms. The molecule has 3 nitrogen and oxygen atoms in total. The van der Waals surface area contributed by atoms with E-state index in [-0.39, 0.29) is 0 Å². The lowest BCUT2D eigenvalue weighted by atomic mass is 10.0. The Balaban J connectivity index is 2.18. The normalized spacial score (nSPS) is 10.7. The molecular formula is C16H25NO2. The molecule has 1 N–H and O–H groups in total. The van der Waals surface area contributed by atoms with Crippen molar-refractivity contribution in [1.82, 2.24) is 5.32 Å². The maximum atomic E-state index is 11.7. The Hall–Kier alpha value is -1.35. The zero-order chi connectivity index (χ0) is 14.1. The van der Waals surface area contributed by atoms with E-state index in [1.807, 2.05) is 24.3 Å². The largest absolute Gasteiger partial charge is 0.497 e. The highest BCUT2D eigenvalue weighted by Gasteiger charge is 2.03. The Bertz CT molecular complexity index is 371. The number of benzene rings is 1. The second-order valence-electron chi connectivity index (χ2n) is 5.10. The van der Waals surface area contributed by atoms with Gasteiger partial charge in [-0.1, -0.05) is 26.0 Å². The van der Waals surface area contributed by atoms with Gasteiger partial charge in [0, 0.05) is 18.9 Å². The van der Waals surface area contributed by atoms with E-state index in [2.05, 4.69) is 19.2 Å². The molecule has 0 aliphatic carbocycles. The van der Waals surface area contributed by atoms with Crippen molar-refractivity contribution < 1.29 is 9.53 Å². The van der Waals surface area contributed by atoms with Crippen LogP contribution in [-0.4, -0.2) is 25.5 Å². The van der Waals surface area contributed by atoms with Crippen LogP contribution in [0.3, 0.4) is 0 Å². The van der Waals surface area contributed by atoms with Crippen LogP contribution in [0.5, 0.6) is 5.75 Å². The summed E-state index contributed by atoms with van der Waals surface area (Å²) in [4.78, 5) is 11.7. The van der Waals surface area contributed by atoms with E-state index in [4.69, 9.17) is 4.74 Å². The molecule has 19 heavy (non-hydrogen) atoms. The van der Waals surface area contributed by atoms with Crippen LogP contribution in [0.2, 0.25) is 0 Å². The van der Waals surface area contributed by atoms with E-state index < -0.39 is 0 Å². The summed E-state index contributed by atoms with van der Waals surface area (Å²) in [6.45, 7) is 5.16. The molecule has 0 saturated carbocycles. The second kappa shape index (κ2) is 8.70. The number of carbonyl (C=O) groups excluding carboxylic acids is 1. The fourth-order valence-electron chi connectivity index (χ4n) is 1.88. The first-order valence-electron chi connectivity index (χ1n) is 7.00. The van der Waals surface area contributed by atoms with Crippen molar-refractivity contribution in [3.05, 3.63) is 29.8 Å². The number of methoxy groups -OCH3 is 1. The van der Waals surface area contributed by atoms with Crippen molar-refractivity contribution in [2.45, 2.75) is 45.6 Å². The minimum atomic E-state index is 0.348. The molecule has 0 fully saturated rings. The van der Waals surface area contributed by atoms with Crippen LogP contribution in [0.4, 0.5) is 0 Å². The zero-order valence-corrected chi connectivity index (χ0v) is 12.2. The van der Waals surface area contributed by atoms with Crippen molar-refractivity contribution in [1.29, 1.82) is 0 Å². The standard InChI is InChI=1S/C16H25NO2/c1-13(2)17-12-4-5-15(18)9-6-14-7-10-16(19-3)11-8-14/h7-8,10-11,13,17H,4-6,9,12H2,1-3H3. The van der Waals surface area contributed by atoms with Gasteiger partial charge in [-0.25, -0.2) is 0 Å². The highest BCUT2D eigenvalue weighted by molar-refractivity contribution is 5.78. The predicted molar refractivity (Wildman–Crippen MR) is 78.7 cm³/mol. The van der Waals surface area contributed by atoms with Gasteiger partial charge in [0.05, 0.1) is 7.11 Å². The minimum absolute atomic E-state index is 0.348. The van der Waals surface area contributed by atoms with Crippen LogP contribution >= 0.6 is 0 Å². The molecule has 0 heterocycles. The summed E-state index contributed by atoms with van der Waals surface area (Å²) in [5.74, 6) is 1.20. The molecule has 0 saturated heterocycles. The van der Waals surface area contributed by atoms with Crippen molar-refractivity contribution >= 4 is 5.78 Å². The van der Waals surface area contributed by atoms with Crippen LogP contribution in [-0.2, 0) is 11.2 Å². The van der Waals surface area contributed by atoms with Crippen LogP contribution in [0, 0.1) is 0 Å². The summed E-state index contributed by atoms with van der Waals surface area (Å²) in [5, 5.41) is 3.32. The monoisotopic (exact) mass is 263 g/mol. The van der Waals surface area contributed by atoms with Crippen molar-refractivity contribution in [2.75, 3.05) is 13.7 Å². The summed E-state index contributed by atoms with van der Waals surface area (Å²) in [7, 11) is 1.66. The Labute approximate surface area is 116 Å². The molecule has 0 amide bonds. The average Bonchev–Trinajstić information content (AvgIpc) is 2.41. The summed E-state index contributed by atoms with van der Waals surface area (Å²) < 4.78 is 5.11. The fraction of sp³-hybridized carbons (Fsp3) is 0.562. The van der Waals surface area contributed by atoms with E-state index in [0.29, 0.717) is 24.7 Å². The number of nitrogens with one attached hydrogen (secondary N) is 1. The number of ether oxygens (including phenoxy) is 1. The lowest BCUT2D eigenvalue weighted by molar-refractivity contribution is -0.119. The molecule has 0 aromatic heterocycles. The van der Waals surface area contributed by atoms with Crippen LogP contribution in [0.15, 0.2) is 24.3 Å². The maximum absolute atomic E-state index is 11.7. The van der Waals surface area contributed by atoms with E-state index >= 15 is 0 Å². The van der Waals surface area contributed by atoms with Crippen LogP contribution in [0.25, 0.3) is 0 Å². The highest BCUT2D eigenvalue weighted by atomic mass is 16.5. The van der Waals surface area contributed by atoms with Gasteiger partial charge in [-0.2, -0.15) is 0 Å². The lowest BCUT2D eigenvalue weighted by Gasteiger charge is -2.07. The van der Waals surface area contributed by atoms with Crippen molar-refractivity contribution in [3.8, 4) is 5.75 Å². The third-order valence-electron chi connectivity index (χ3n) is 3.04. The average molecular weight is 263 g/mol. The quantitative estimate of drug-likeness (QED) is 0.696. The van der Waals surface area contributed by atoms with Crippen molar-refractivity contribution in [2.24, 2.45) is 0 Å².